The van der Waals surface area contributed by atoms with Gasteiger partial charge < -0.3 is 14.4 Å². The number of carbonyl (C=O) groups is 2. The van der Waals surface area contributed by atoms with Crippen molar-refractivity contribution in [3.63, 3.8) is 0 Å². The first-order valence-corrected chi connectivity index (χ1v) is 11.3. The molecule has 33 heavy (non-hydrogen) atoms. The highest BCUT2D eigenvalue weighted by Crippen LogP contribution is 2.39. The van der Waals surface area contributed by atoms with E-state index in [4.69, 9.17) is 9.47 Å². The highest BCUT2D eigenvalue weighted by molar-refractivity contribution is 6.05. The Bertz CT molecular complexity index is 1050. The van der Waals surface area contributed by atoms with Crippen LogP contribution in [0.3, 0.4) is 0 Å². The summed E-state index contributed by atoms with van der Waals surface area (Å²) >= 11 is 0. The molecule has 0 aromatic heterocycles. The number of anilines is 1. The van der Waals surface area contributed by atoms with Crippen molar-refractivity contribution in [1.82, 2.24) is 0 Å². The molecule has 1 aliphatic heterocycles. The van der Waals surface area contributed by atoms with Crippen molar-refractivity contribution in [2.24, 2.45) is 0 Å². The molecule has 0 bridgehead atoms. The molecule has 0 radical (unpaired) electrons. The highest BCUT2D eigenvalue weighted by Gasteiger charge is 2.42. The molecule has 0 amide bonds. The summed E-state index contributed by atoms with van der Waals surface area (Å²) in [6, 6.07) is 16.2. The number of para-hydroxylation sites is 1. The molecule has 3 rings (SSSR count). The van der Waals surface area contributed by atoms with Crippen LogP contribution in [-0.2, 0) is 24.5 Å². The lowest BCUT2D eigenvalue weighted by atomic mass is 9.81. The van der Waals surface area contributed by atoms with Crippen molar-refractivity contribution in [2.45, 2.75) is 33.1 Å². The second-order valence-electron chi connectivity index (χ2n) is 8.48. The van der Waals surface area contributed by atoms with Gasteiger partial charge in [-0.1, -0.05) is 30.3 Å². The number of allylic oxidation sites excluding steroid dienone is 1. The minimum absolute atomic E-state index is 0.0169. The predicted octanol–water partition coefficient (Wildman–Crippen LogP) is 4.34. The molecule has 2 aromatic rings. The molecule has 2 aromatic carbocycles. The fourth-order valence-corrected chi connectivity index (χ4v) is 4.24. The molecule has 174 valence electrons. The molecule has 1 aliphatic rings. The van der Waals surface area contributed by atoms with E-state index in [0.29, 0.717) is 13.2 Å². The van der Waals surface area contributed by atoms with Crippen LogP contribution in [0.1, 0.15) is 38.8 Å². The molecule has 0 spiro atoms. The van der Waals surface area contributed by atoms with Gasteiger partial charge in [0.1, 0.15) is 20.1 Å². The molecule has 0 N–H and O–H groups in total. The van der Waals surface area contributed by atoms with Gasteiger partial charge in [-0.2, -0.15) is 4.58 Å². The first-order valence-electron chi connectivity index (χ1n) is 11.3. The van der Waals surface area contributed by atoms with E-state index in [9.17, 15) is 9.59 Å². The van der Waals surface area contributed by atoms with E-state index in [1.807, 2.05) is 24.3 Å². The molecule has 0 aliphatic carbocycles. The first-order chi connectivity index (χ1) is 15.8. The zero-order valence-corrected chi connectivity index (χ0v) is 20.1. The van der Waals surface area contributed by atoms with Crippen LogP contribution in [0.25, 0.3) is 6.08 Å². The summed E-state index contributed by atoms with van der Waals surface area (Å²) in [5, 5.41) is 0. The molecule has 0 unspecified atom stereocenters. The SMILES string of the molecule is CCOC(=O)CN(CC(=O)OCC)c1ccc(/C=C/C2=[N+](C)c3ccccc3C2(C)C)cc1. The standard InChI is InChI=1S/C27H33N2O4/c1-6-32-25(30)18-29(19-26(31)33-7-2)21-15-12-20(13-16-21)14-17-24-27(3,4)22-10-8-9-11-23(22)28(24)5/h8-17H,6-7,18-19H2,1-5H3/q+1. The quantitative estimate of drug-likeness (QED) is 0.421. The molecule has 1 heterocycles. The Balaban J connectivity index is 1.79. The fourth-order valence-electron chi connectivity index (χ4n) is 4.24. The largest absolute Gasteiger partial charge is 0.465 e. The Morgan fingerprint density at radius 3 is 2.03 bits per heavy atom. The van der Waals surface area contributed by atoms with Gasteiger partial charge in [-0.05, 0) is 51.5 Å². The van der Waals surface area contributed by atoms with Crippen LogP contribution >= 0.6 is 0 Å². The van der Waals surface area contributed by atoms with E-state index < -0.39 is 0 Å². The molecule has 0 saturated carbocycles. The van der Waals surface area contributed by atoms with E-state index in [-0.39, 0.29) is 30.4 Å². The van der Waals surface area contributed by atoms with Crippen LogP contribution in [0, 0.1) is 0 Å². The highest BCUT2D eigenvalue weighted by atomic mass is 16.5. The van der Waals surface area contributed by atoms with Gasteiger partial charge >= 0.3 is 11.9 Å². The van der Waals surface area contributed by atoms with Gasteiger partial charge in [0.05, 0.1) is 18.6 Å². The van der Waals surface area contributed by atoms with E-state index >= 15 is 0 Å². The lowest BCUT2D eigenvalue weighted by Gasteiger charge is -2.22. The molecular weight excluding hydrogens is 416 g/mol. The summed E-state index contributed by atoms with van der Waals surface area (Å²) in [4.78, 5) is 25.7. The second-order valence-corrected chi connectivity index (χ2v) is 8.48. The maximum absolute atomic E-state index is 12.0. The number of ether oxygens (including phenoxy) is 2. The third-order valence-electron chi connectivity index (χ3n) is 5.88. The van der Waals surface area contributed by atoms with Gasteiger partial charge in [-0.3, -0.25) is 9.59 Å². The third-order valence-corrected chi connectivity index (χ3v) is 5.88. The van der Waals surface area contributed by atoms with Gasteiger partial charge in [0.2, 0.25) is 5.69 Å². The average Bonchev–Trinajstić information content (AvgIpc) is 2.98. The molecular formula is C27H33N2O4+. The number of benzene rings is 2. The van der Waals surface area contributed by atoms with Crippen molar-refractivity contribution in [3.05, 3.63) is 65.7 Å². The smallest absolute Gasteiger partial charge is 0.325 e. The van der Waals surface area contributed by atoms with Crippen molar-refractivity contribution >= 4 is 35.1 Å². The van der Waals surface area contributed by atoms with Crippen molar-refractivity contribution < 1.29 is 23.6 Å². The Morgan fingerprint density at radius 1 is 0.909 bits per heavy atom. The number of hydrogen-bond acceptors (Lipinski definition) is 5. The summed E-state index contributed by atoms with van der Waals surface area (Å²) in [6.07, 6.45) is 4.24. The fraction of sp³-hybridized carbons (Fsp3) is 0.370. The monoisotopic (exact) mass is 449 g/mol. The number of nitrogens with zero attached hydrogens (tertiary/aromatic N) is 2. The molecule has 6 nitrogen and oxygen atoms in total. The lowest BCUT2D eigenvalue weighted by molar-refractivity contribution is -0.401. The van der Waals surface area contributed by atoms with E-state index in [1.54, 1.807) is 18.7 Å². The summed E-state index contributed by atoms with van der Waals surface area (Å²) in [5.41, 5.74) is 5.46. The van der Waals surface area contributed by atoms with Crippen LogP contribution < -0.4 is 4.90 Å². The molecule has 0 fully saturated rings. The zero-order valence-electron chi connectivity index (χ0n) is 20.1. The number of fused-ring (bicyclic) bond motifs is 1. The normalized spacial score (nSPS) is 14.3. The van der Waals surface area contributed by atoms with Gasteiger partial charge in [0, 0.05) is 23.4 Å². The van der Waals surface area contributed by atoms with Crippen molar-refractivity contribution in [3.8, 4) is 0 Å². The number of carbonyl (C=O) groups excluding carboxylic acids is 2. The van der Waals surface area contributed by atoms with Crippen molar-refractivity contribution in [2.75, 3.05) is 38.3 Å². The van der Waals surface area contributed by atoms with Crippen LogP contribution in [0.5, 0.6) is 0 Å². The second kappa shape index (κ2) is 10.5. The maximum Gasteiger partial charge on any atom is 0.325 e. The average molecular weight is 450 g/mol. The summed E-state index contributed by atoms with van der Waals surface area (Å²) in [7, 11) is 2.10. The van der Waals surface area contributed by atoms with Crippen LogP contribution in [0.2, 0.25) is 0 Å². The van der Waals surface area contributed by atoms with Crippen LogP contribution in [0.15, 0.2) is 54.6 Å². The minimum Gasteiger partial charge on any atom is -0.465 e. The van der Waals surface area contributed by atoms with Crippen molar-refractivity contribution in [1.29, 1.82) is 0 Å². The number of esters is 2. The zero-order chi connectivity index (χ0) is 24.0. The van der Waals surface area contributed by atoms with Crippen LogP contribution in [-0.4, -0.2) is 55.6 Å². The Morgan fingerprint density at radius 2 is 1.48 bits per heavy atom. The molecule has 0 saturated heterocycles. The van der Waals surface area contributed by atoms with Gasteiger partial charge in [0.25, 0.3) is 0 Å². The number of rotatable bonds is 9. The van der Waals surface area contributed by atoms with E-state index in [0.717, 1.165) is 11.3 Å². The Labute approximate surface area is 196 Å². The summed E-state index contributed by atoms with van der Waals surface area (Å²) in [6.45, 7) is 8.55. The van der Waals surface area contributed by atoms with E-state index in [1.165, 1.54) is 17.0 Å². The maximum atomic E-state index is 12.0. The minimum atomic E-state index is -0.381. The van der Waals surface area contributed by atoms with Crippen LogP contribution in [0.4, 0.5) is 11.4 Å². The summed E-state index contributed by atoms with van der Waals surface area (Å²) in [5.74, 6) is -0.763. The molecule has 6 heteroatoms. The third kappa shape index (κ3) is 5.51. The van der Waals surface area contributed by atoms with Gasteiger partial charge in [-0.25, -0.2) is 0 Å². The Hall–Kier alpha value is -3.41. The summed E-state index contributed by atoms with van der Waals surface area (Å²) < 4.78 is 12.4. The van der Waals surface area contributed by atoms with Gasteiger partial charge in [-0.15, -0.1) is 0 Å². The lowest BCUT2D eigenvalue weighted by Crippen LogP contribution is -2.36. The first kappa shape index (κ1) is 24.2. The predicted molar refractivity (Wildman–Crippen MR) is 131 cm³/mol. The Kier molecular flexibility index (Phi) is 7.69. The molecule has 0 atom stereocenters. The number of hydrogen-bond donors (Lipinski definition) is 0. The van der Waals surface area contributed by atoms with E-state index in [2.05, 4.69) is 61.9 Å². The van der Waals surface area contributed by atoms with Gasteiger partial charge in [0.15, 0.2) is 5.71 Å². The topological polar surface area (TPSA) is 58.9 Å².